The van der Waals surface area contributed by atoms with Gasteiger partial charge < -0.3 is 15.2 Å². The first-order valence-electron chi connectivity index (χ1n) is 6.41. The van der Waals surface area contributed by atoms with Gasteiger partial charge in [-0.25, -0.2) is 14.0 Å². The maximum Gasteiger partial charge on any atom is 0.351 e. The first-order chi connectivity index (χ1) is 10.5. The molecule has 0 saturated carbocycles. The number of esters is 2. The van der Waals surface area contributed by atoms with E-state index in [0.29, 0.717) is 5.56 Å². The fraction of sp³-hybridized carbons (Fsp3) is 0.125. The van der Waals surface area contributed by atoms with Gasteiger partial charge in [0.05, 0.1) is 12.7 Å². The molecule has 1 atom stereocenters. The van der Waals surface area contributed by atoms with E-state index in [2.05, 4.69) is 4.74 Å². The van der Waals surface area contributed by atoms with Gasteiger partial charge in [0.2, 0.25) is 6.10 Å². The van der Waals surface area contributed by atoms with Crippen molar-refractivity contribution >= 4 is 17.6 Å². The number of hydrogen-bond acceptors (Lipinski definition) is 5. The van der Waals surface area contributed by atoms with Crippen LogP contribution in [0.3, 0.4) is 0 Å². The molecule has 0 spiro atoms. The maximum atomic E-state index is 13.0. The molecule has 0 bridgehead atoms. The maximum absolute atomic E-state index is 13.0. The number of nitrogen functional groups attached to an aromatic ring is 1. The first kappa shape index (κ1) is 15.5. The number of methoxy groups -OCH3 is 1. The summed E-state index contributed by atoms with van der Waals surface area (Å²) in [4.78, 5) is 24.0. The molecule has 0 fully saturated rings. The molecule has 2 rings (SSSR count). The number of benzene rings is 2. The van der Waals surface area contributed by atoms with Crippen LogP contribution in [0.2, 0.25) is 0 Å². The highest BCUT2D eigenvalue weighted by Gasteiger charge is 2.27. The third-order valence-corrected chi connectivity index (χ3v) is 2.98. The van der Waals surface area contributed by atoms with Gasteiger partial charge in [-0.05, 0) is 18.2 Å². The Morgan fingerprint density at radius 1 is 1.14 bits per heavy atom. The number of halogens is 1. The summed E-state index contributed by atoms with van der Waals surface area (Å²) in [5.41, 5.74) is 5.96. The van der Waals surface area contributed by atoms with Crippen LogP contribution in [0.1, 0.15) is 22.0 Å². The minimum Gasteiger partial charge on any atom is -0.466 e. The fourth-order valence-corrected chi connectivity index (χ4v) is 1.88. The molecule has 0 saturated heterocycles. The molecule has 2 N–H and O–H groups in total. The average molecular weight is 303 g/mol. The predicted molar refractivity (Wildman–Crippen MR) is 77.4 cm³/mol. The van der Waals surface area contributed by atoms with Gasteiger partial charge in [-0.2, -0.15) is 0 Å². The molecule has 22 heavy (non-hydrogen) atoms. The van der Waals surface area contributed by atoms with Crippen LogP contribution >= 0.6 is 0 Å². The van der Waals surface area contributed by atoms with Crippen LogP contribution in [0.25, 0.3) is 0 Å². The molecule has 5 nitrogen and oxygen atoms in total. The van der Waals surface area contributed by atoms with Crippen LogP contribution in [0.15, 0.2) is 48.5 Å². The molecule has 2 aromatic carbocycles. The van der Waals surface area contributed by atoms with Gasteiger partial charge in [0, 0.05) is 11.3 Å². The van der Waals surface area contributed by atoms with Gasteiger partial charge in [-0.1, -0.05) is 30.3 Å². The highest BCUT2D eigenvalue weighted by atomic mass is 19.1. The summed E-state index contributed by atoms with van der Waals surface area (Å²) < 4.78 is 22.8. The van der Waals surface area contributed by atoms with Gasteiger partial charge >= 0.3 is 11.9 Å². The van der Waals surface area contributed by atoms with Crippen molar-refractivity contribution in [3.05, 3.63) is 65.5 Å². The number of nitrogens with two attached hydrogens (primary N) is 1. The molecule has 6 heteroatoms. The monoisotopic (exact) mass is 303 g/mol. The molecular formula is C16H14FNO4. The van der Waals surface area contributed by atoms with Crippen molar-refractivity contribution in [1.29, 1.82) is 0 Å². The van der Waals surface area contributed by atoms with E-state index in [1.54, 1.807) is 30.3 Å². The molecule has 0 aliphatic rings. The van der Waals surface area contributed by atoms with Gasteiger partial charge in [0.1, 0.15) is 5.82 Å². The van der Waals surface area contributed by atoms with Crippen LogP contribution < -0.4 is 5.73 Å². The largest absolute Gasteiger partial charge is 0.466 e. The highest BCUT2D eigenvalue weighted by molar-refractivity contribution is 5.96. The lowest BCUT2D eigenvalue weighted by Crippen LogP contribution is -2.21. The zero-order valence-electron chi connectivity index (χ0n) is 11.8. The van der Waals surface area contributed by atoms with E-state index in [-0.39, 0.29) is 11.3 Å². The van der Waals surface area contributed by atoms with E-state index in [9.17, 15) is 14.0 Å². The summed E-state index contributed by atoms with van der Waals surface area (Å²) in [7, 11) is 1.19. The van der Waals surface area contributed by atoms with Gasteiger partial charge in [0.15, 0.2) is 0 Å². The van der Waals surface area contributed by atoms with Crippen LogP contribution in [0, 0.1) is 5.82 Å². The highest BCUT2D eigenvalue weighted by Crippen LogP contribution is 2.23. The minimum atomic E-state index is -1.22. The molecule has 0 aromatic heterocycles. The topological polar surface area (TPSA) is 78.6 Å². The number of hydrogen-bond donors (Lipinski definition) is 1. The molecule has 1 unspecified atom stereocenters. The molecule has 0 heterocycles. The SMILES string of the molecule is COC(=O)C(OC(=O)c1ccc(F)cc1N)c1ccccc1. The third kappa shape index (κ3) is 3.41. The van der Waals surface area contributed by atoms with Crippen molar-refractivity contribution < 1.29 is 23.5 Å². The van der Waals surface area contributed by atoms with Crippen LogP contribution in [0.5, 0.6) is 0 Å². The molecule has 0 aliphatic carbocycles. The Balaban J connectivity index is 2.27. The van der Waals surface area contributed by atoms with E-state index in [1.165, 1.54) is 13.2 Å². The zero-order valence-corrected chi connectivity index (χ0v) is 11.8. The van der Waals surface area contributed by atoms with Gasteiger partial charge in [-0.15, -0.1) is 0 Å². The first-order valence-corrected chi connectivity index (χ1v) is 6.41. The molecular weight excluding hydrogens is 289 g/mol. The standard InChI is InChI=1S/C16H14FNO4/c1-21-16(20)14(10-5-3-2-4-6-10)22-15(19)12-8-7-11(17)9-13(12)18/h2-9,14H,18H2,1H3. The Hall–Kier alpha value is -2.89. The normalized spacial score (nSPS) is 11.5. The second-order valence-corrected chi connectivity index (χ2v) is 4.45. The van der Waals surface area contributed by atoms with Gasteiger partial charge in [0.25, 0.3) is 0 Å². The summed E-state index contributed by atoms with van der Waals surface area (Å²) in [6.45, 7) is 0. The summed E-state index contributed by atoms with van der Waals surface area (Å²) in [6, 6.07) is 11.7. The van der Waals surface area contributed by atoms with Crippen LogP contribution in [0.4, 0.5) is 10.1 Å². The predicted octanol–water partition coefficient (Wildman–Crippen LogP) is 2.48. The third-order valence-electron chi connectivity index (χ3n) is 2.98. The van der Waals surface area contributed by atoms with E-state index >= 15 is 0 Å². The molecule has 0 radical (unpaired) electrons. The number of carbonyl (C=O) groups is 2. The molecule has 2 aromatic rings. The second kappa shape index (κ2) is 6.71. The Bertz CT molecular complexity index is 688. The van der Waals surface area contributed by atoms with Crippen molar-refractivity contribution in [3.8, 4) is 0 Å². The van der Waals surface area contributed by atoms with E-state index < -0.39 is 23.9 Å². The van der Waals surface area contributed by atoms with E-state index in [1.807, 2.05) is 0 Å². The van der Waals surface area contributed by atoms with Crippen molar-refractivity contribution in [3.63, 3.8) is 0 Å². The second-order valence-electron chi connectivity index (χ2n) is 4.45. The number of ether oxygens (including phenoxy) is 2. The smallest absolute Gasteiger partial charge is 0.351 e. The van der Waals surface area contributed by atoms with E-state index in [4.69, 9.17) is 10.5 Å². The number of anilines is 1. The zero-order chi connectivity index (χ0) is 16.1. The lowest BCUT2D eigenvalue weighted by Gasteiger charge is -2.16. The summed E-state index contributed by atoms with van der Waals surface area (Å²) >= 11 is 0. The number of rotatable bonds is 4. The molecule has 114 valence electrons. The van der Waals surface area contributed by atoms with Crippen molar-refractivity contribution in [2.45, 2.75) is 6.10 Å². The summed E-state index contributed by atoms with van der Waals surface area (Å²) in [5.74, 6) is -2.13. The summed E-state index contributed by atoms with van der Waals surface area (Å²) in [5, 5.41) is 0. The van der Waals surface area contributed by atoms with Crippen LogP contribution in [-0.4, -0.2) is 19.0 Å². The number of carbonyl (C=O) groups excluding carboxylic acids is 2. The molecule has 0 amide bonds. The van der Waals surface area contributed by atoms with Crippen molar-refractivity contribution in [2.24, 2.45) is 0 Å². The lowest BCUT2D eigenvalue weighted by molar-refractivity contribution is -0.151. The Morgan fingerprint density at radius 3 is 2.41 bits per heavy atom. The van der Waals surface area contributed by atoms with Crippen molar-refractivity contribution in [2.75, 3.05) is 12.8 Å². The van der Waals surface area contributed by atoms with Crippen LogP contribution in [-0.2, 0) is 14.3 Å². The molecule has 0 aliphatic heterocycles. The van der Waals surface area contributed by atoms with E-state index in [0.717, 1.165) is 12.1 Å². The van der Waals surface area contributed by atoms with Gasteiger partial charge in [-0.3, -0.25) is 0 Å². The Labute approximate surface area is 126 Å². The summed E-state index contributed by atoms with van der Waals surface area (Å²) in [6.07, 6.45) is -1.22. The Kier molecular flexibility index (Phi) is 4.73. The lowest BCUT2D eigenvalue weighted by atomic mass is 10.1. The Morgan fingerprint density at radius 2 is 1.82 bits per heavy atom. The quantitative estimate of drug-likeness (QED) is 0.693. The fourth-order valence-electron chi connectivity index (χ4n) is 1.88. The average Bonchev–Trinajstić information content (AvgIpc) is 2.52. The minimum absolute atomic E-state index is 0.0220. The van der Waals surface area contributed by atoms with Crippen molar-refractivity contribution in [1.82, 2.24) is 0 Å².